The first-order valence-corrected chi connectivity index (χ1v) is 7.03. The van der Waals surface area contributed by atoms with Crippen molar-refractivity contribution in [2.24, 2.45) is 0 Å². The lowest BCUT2D eigenvalue weighted by Crippen LogP contribution is -2.02. The number of hydrogen-bond donors (Lipinski definition) is 2. The average Bonchev–Trinajstić information content (AvgIpc) is 2.33. The first-order valence-electron chi connectivity index (χ1n) is 5.88. The summed E-state index contributed by atoms with van der Waals surface area (Å²) in [5.74, 6) is 2.27. The largest absolute Gasteiger partial charge is 0.396 e. The van der Waals surface area contributed by atoms with Crippen LogP contribution in [0.25, 0.3) is 0 Å². The summed E-state index contributed by atoms with van der Waals surface area (Å²) in [5, 5.41) is 12.0. The molecule has 0 heterocycles. The van der Waals surface area contributed by atoms with Crippen molar-refractivity contribution in [1.82, 2.24) is 0 Å². The topological polar surface area (TPSA) is 32.3 Å². The van der Waals surface area contributed by atoms with Crippen LogP contribution in [0.2, 0.25) is 0 Å². The molecule has 1 aromatic carbocycles. The van der Waals surface area contributed by atoms with Crippen molar-refractivity contribution in [2.75, 3.05) is 24.2 Å². The van der Waals surface area contributed by atoms with Gasteiger partial charge in [-0.3, -0.25) is 0 Å². The van der Waals surface area contributed by atoms with Crippen molar-refractivity contribution < 1.29 is 5.11 Å². The molecule has 0 spiro atoms. The predicted molar refractivity (Wildman–Crippen MR) is 73.1 cm³/mol. The van der Waals surface area contributed by atoms with Crippen molar-refractivity contribution >= 4 is 17.4 Å². The zero-order chi connectivity index (χ0) is 11.6. The van der Waals surface area contributed by atoms with Crippen LogP contribution in [0, 0.1) is 0 Å². The Morgan fingerprint density at radius 2 is 1.94 bits per heavy atom. The second-order valence-electron chi connectivity index (χ2n) is 3.69. The molecule has 2 nitrogen and oxygen atoms in total. The summed E-state index contributed by atoms with van der Waals surface area (Å²) in [6, 6.07) is 8.61. The second kappa shape index (κ2) is 8.48. The van der Waals surface area contributed by atoms with E-state index in [1.54, 1.807) is 0 Å². The third-order valence-electron chi connectivity index (χ3n) is 2.34. The minimum Gasteiger partial charge on any atom is -0.396 e. The Kier molecular flexibility index (Phi) is 7.10. The van der Waals surface area contributed by atoms with Crippen molar-refractivity contribution in [3.05, 3.63) is 29.8 Å². The van der Waals surface area contributed by atoms with Gasteiger partial charge in [0.2, 0.25) is 0 Å². The Hall–Kier alpha value is -0.670. The van der Waals surface area contributed by atoms with Gasteiger partial charge in [0.1, 0.15) is 0 Å². The van der Waals surface area contributed by atoms with Crippen molar-refractivity contribution in [3.8, 4) is 0 Å². The van der Waals surface area contributed by atoms with Crippen LogP contribution >= 0.6 is 11.8 Å². The molecule has 0 amide bonds. The fourth-order valence-electron chi connectivity index (χ4n) is 1.41. The molecule has 0 saturated carbocycles. The normalized spacial score (nSPS) is 10.4. The van der Waals surface area contributed by atoms with Gasteiger partial charge in [0.05, 0.1) is 0 Å². The molecule has 3 heteroatoms. The Balaban J connectivity index is 2.27. The molecule has 1 rings (SSSR count). The van der Waals surface area contributed by atoms with E-state index in [0.717, 1.165) is 25.1 Å². The average molecular weight is 239 g/mol. The van der Waals surface area contributed by atoms with E-state index in [2.05, 4.69) is 36.5 Å². The lowest BCUT2D eigenvalue weighted by Gasteiger charge is -2.06. The maximum absolute atomic E-state index is 8.65. The summed E-state index contributed by atoms with van der Waals surface area (Å²) < 4.78 is 0. The number of hydrogen-bond acceptors (Lipinski definition) is 3. The maximum atomic E-state index is 8.65. The van der Waals surface area contributed by atoms with E-state index in [1.165, 1.54) is 17.0 Å². The third-order valence-corrected chi connectivity index (χ3v) is 3.29. The van der Waals surface area contributed by atoms with Gasteiger partial charge in [-0.1, -0.05) is 19.1 Å². The highest BCUT2D eigenvalue weighted by molar-refractivity contribution is 7.98. The van der Waals surface area contributed by atoms with E-state index in [-0.39, 0.29) is 6.61 Å². The molecule has 1 aromatic rings. The first-order chi connectivity index (χ1) is 7.86. The van der Waals surface area contributed by atoms with Gasteiger partial charge < -0.3 is 10.4 Å². The van der Waals surface area contributed by atoms with Crippen molar-refractivity contribution in [3.63, 3.8) is 0 Å². The molecular formula is C13H21NOS. The van der Waals surface area contributed by atoms with Gasteiger partial charge in [0.15, 0.2) is 0 Å². The SMILES string of the molecule is CCSCc1ccc(NCCCCO)cc1. The highest BCUT2D eigenvalue weighted by Gasteiger charge is 1.94. The molecule has 16 heavy (non-hydrogen) atoms. The number of benzene rings is 1. The van der Waals surface area contributed by atoms with E-state index in [4.69, 9.17) is 5.11 Å². The molecule has 0 unspecified atom stereocenters. The molecule has 0 atom stereocenters. The van der Waals surface area contributed by atoms with Gasteiger partial charge in [-0.25, -0.2) is 0 Å². The summed E-state index contributed by atoms with van der Waals surface area (Å²) >= 11 is 1.94. The molecule has 90 valence electrons. The molecule has 0 aliphatic rings. The predicted octanol–water partition coefficient (Wildman–Crippen LogP) is 3.12. The number of aliphatic hydroxyl groups is 1. The zero-order valence-corrected chi connectivity index (χ0v) is 10.7. The minimum absolute atomic E-state index is 0.287. The number of aliphatic hydroxyl groups excluding tert-OH is 1. The van der Waals surface area contributed by atoms with Gasteiger partial charge in [-0.15, -0.1) is 0 Å². The van der Waals surface area contributed by atoms with Crippen LogP contribution in [0.3, 0.4) is 0 Å². The van der Waals surface area contributed by atoms with Gasteiger partial charge in [-0.2, -0.15) is 11.8 Å². The molecule has 2 N–H and O–H groups in total. The molecule has 0 bridgehead atoms. The lowest BCUT2D eigenvalue weighted by atomic mass is 10.2. The Morgan fingerprint density at radius 1 is 1.19 bits per heavy atom. The van der Waals surface area contributed by atoms with E-state index >= 15 is 0 Å². The summed E-state index contributed by atoms with van der Waals surface area (Å²) in [6.45, 7) is 3.40. The highest BCUT2D eigenvalue weighted by atomic mass is 32.2. The fourth-order valence-corrected chi connectivity index (χ4v) is 2.04. The molecule has 0 aromatic heterocycles. The Bertz CT molecular complexity index is 274. The van der Waals surface area contributed by atoms with Crippen LogP contribution < -0.4 is 5.32 Å². The van der Waals surface area contributed by atoms with Crippen LogP contribution in [0.5, 0.6) is 0 Å². The molecular weight excluding hydrogens is 218 g/mol. The molecule has 0 aliphatic carbocycles. The number of thioether (sulfide) groups is 1. The molecule has 0 aliphatic heterocycles. The molecule has 0 fully saturated rings. The summed E-state index contributed by atoms with van der Waals surface area (Å²) in [5.41, 5.74) is 2.55. The van der Waals surface area contributed by atoms with E-state index in [9.17, 15) is 0 Å². The summed E-state index contributed by atoms with van der Waals surface area (Å²) in [6.07, 6.45) is 1.89. The van der Waals surface area contributed by atoms with E-state index < -0.39 is 0 Å². The summed E-state index contributed by atoms with van der Waals surface area (Å²) in [7, 11) is 0. The van der Waals surface area contributed by atoms with Crippen LogP contribution in [-0.4, -0.2) is 24.0 Å². The maximum Gasteiger partial charge on any atom is 0.0431 e. The van der Waals surface area contributed by atoms with E-state index in [1.807, 2.05) is 11.8 Å². The number of unbranched alkanes of at least 4 members (excludes halogenated alkanes) is 1. The Labute approximate surface area is 102 Å². The second-order valence-corrected chi connectivity index (χ2v) is 4.97. The van der Waals surface area contributed by atoms with Gasteiger partial charge in [0.25, 0.3) is 0 Å². The Morgan fingerprint density at radius 3 is 2.56 bits per heavy atom. The number of anilines is 1. The van der Waals surface area contributed by atoms with Crippen LogP contribution in [0.15, 0.2) is 24.3 Å². The molecule has 0 radical (unpaired) electrons. The first kappa shape index (κ1) is 13.4. The van der Waals surface area contributed by atoms with Gasteiger partial charge >= 0.3 is 0 Å². The molecule has 0 saturated heterocycles. The van der Waals surface area contributed by atoms with Crippen LogP contribution in [0.4, 0.5) is 5.69 Å². The minimum atomic E-state index is 0.287. The zero-order valence-electron chi connectivity index (χ0n) is 9.91. The standard InChI is InChI=1S/C13H21NOS/c1-2-16-11-12-5-7-13(8-6-12)14-9-3-4-10-15/h5-8,14-15H,2-4,9-11H2,1H3. The quantitative estimate of drug-likeness (QED) is 0.684. The van der Waals surface area contributed by atoms with Crippen molar-refractivity contribution in [1.29, 1.82) is 0 Å². The summed E-state index contributed by atoms with van der Waals surface area (Å²) in [4.78, 5) is 0. The number of nitrogens with one attached hydrogen (secondary N) is 1. The third kappa shape index (κ3) is 5.42. The fraction of sp³-hybridized carbons (Fsp3) is 0.538. The van der Waals surface area contributed by atoms with Gasteiger partial charge in [-0.05, 0) is 36.3 Å². The monoisotopic (exact) mass is 239 g/mol. The lowest BCUT2D eigenvalue weighted by molar-refractivity contribution is 0.286. The van der Waals surface area contributed by atoms with Gasteiger partial charge in [0, 0.05) is 24.6 Å². The van der Waals surface area contributed by atoms with Crippen LogP contribution in [-0.2, 0) is 5.75 Å². The van der Waals surface area contributed by atoms with Crippen LogP contribution in [0.1, 0.15) is 25.3 Å². The smallest absolute Gasteiger partial charge is 0.0431 e. The highest BCUT2D eigenvalue weighted by Crippen LogP contribution is 2.15. The van der Waals surface area contributed by atoms with E-state index in [0.29, 0.717) is 0 Å². The number of rotatable bonds is 8. The van der Waals surface area contributed by atoms with Crippen molar-refractivity contribution in [2.45, 2.75) is 25.5 Å².